The van der Waals surface area contributed by atoms with Gasteiger partial charge in [-0.25, -0.2) is 9.18 Å². The van der Waals surface area contributed by atoms with Gasteiger partial charge >= 0.3 is 5.97 Å². The number of rotatable bonds is 6. The zero-order valence-corrected chi connectivity index (χ0v) is 18.3. The number of hydrogen-bond donors (Lipinski definition) is 2. The van der Waals surface area contributed by atoms with Gasteiger partial charge in [-0.3, -0.25) is 5.10 Å². The smallest absolute Gasteiger partial charge is 0.328 e. The van der Waals surface area contributed by atoms with Crippen LogP contribution in [0.4, 0.5) is 4.39 Å². The van der Waals surface area contributed by atoms with Crippen molar-refractivity contribution in [3.63, 3.8) is 0 Å². The molecular formula is C27H20ClFN2O2. The number of carbonyl (C=O) groups is 1. The topological polar surface area (TPSA) is 66.0 Å². The van der Waals surface area contributed by atoms with E-state index >= 15 is 0 Å². The third-order valence-electron chi connectivity index (χ3n) is 5.85. The van der Waals surface area contributed by atoms with Gasteiger partial charge in [0.2, 0.25) is 0 Å². The van der Waals surface area contributed by atoms with Crippen LogP contribution >= 0.6 is 11.6 Å². The maximum Gasteiger partial charge on any atom is 0.328 e. The van der Waals surface area contributed by atoms with Crippen molar-refractivity contribution < 1.29 is 14.3 Å². The van der Waals surface area contributed by atoms with Crippen molar-refractivity contribution in [1.29, 1.82) is 0 Å². The number of nitrogens with zero attached hydrogens (tertiary/aromatic N) is 1. The Kier molecular flexibility index (Phi) is 5.56. The third-order valence-corrected chi connectivity index (χ3v) is 6.16. The van der Waals surface area contributed by atoms with Crippen LogP contribution < -0.4 is 0 Å². The van der Waals surface area contributed by atoms with Crippen LogP contribution in [0.15, 0.2) is 72.9 Å². The van der Waals surface area contributed by atoms with E-state index < -0.39 is 5.97 Å². The molecule has 1 aromatic heterocycles. The Morgan fingerprint density at radius 1 is 1.09 bits per heavy atom. The minimum absolute atomic E-state index is 0.316. The molecule has 0 unspecified atom stereocenters. The van der Waals surface area contributed by atoms with Crippen LogP contribution in [0.1, 0.15) is 35.1 Å². The van der Waals surface area contributed by atoms with Gasteiger partial charge < -0.3 is 5.11 Å². The van der Waals surface area contributed by atoms with Crippen molar-refractivity contribution in [1.82, 2.24) is 10.2 Å². The van der Waals surface area contributed by atoms with Gasteiger partial charge in [0.05, 0.1) is 16.7 Å². The van der Waals surface area contributed by atoms with Crippen molar-refractivity contribution in [3.8, 4) is 0 Å². The molecule has 33 heavy (non-hydrogen) atoms. The first kappa shape index (κ1) is 21.2. The van der Waals surface area contributed by atoms with E-state index in [1.165, 1.54) is 12.1 Å². The molecule has 0 spiro atoms. The minimum Gasteiger partial charge on any atom is -0.478 e. The molecule has 1 heterocycles. The highest BCUT2D eigenvalue weighted by molar-refractivity contribution is 6.33. The molecule has 164 valence electrons. The quantitative estimate of drug-likeness (QED) is 0.246. The number of nitrogens with one attached hydrogen (secondary N) is 1. The van der Waals surface area contributed by atoms with Crippen molar-refractivity contribution >= 4 is 45.7 Å². The summed E-state index contributed by atoms with van der Waals surface area (Å²) in [6.07, 6.45) is 6.56. The van der Waals surface area contributed by atoms with Crippen molar-refractivity contribution in [2.45, 2.75) is 12.8 Å². The Labute approximate surface area is 195 Å². The van der Waals surface area contributed by atoms with Gasteiger partial charge in [0.15, 0.2) is 0 Å². The second-order valence-electron chi connectivity index (χ2n) is 8.12. The standard InChI is InChI=1S/C27H20ClFN2O2/c28-23-14-19(29)11-12-21(23)27(18-9-10-18)26(20-2-1-3-24-22(20)15-30-31-24)17-7-4-16(5-8-17)6-13-25(32)33/h1-8,11-15,18H,9-10H2,(H,30,31)(H,32,33)/b13-6+,27-26+. The predicted molar refractivity (Wildman–Crippen MR) is 129 cm³/mol. The fraction of sp³-hybridized carbons (Fsp3) is 0.111. The van der Waals surface area contributed by atoms with Gasteiger partial charge in [-0.2, -0.15) is 5.10 Å². The van der Waals surface area contributed by atoms with Crippen LogP contribution in [0, 0.1) is 11.7 Å². The van der Waals surface area contributed by atoms with E-state index in [9.17, 15) is 9.18 Å². The monoisotopic (exact) mass is 458 g/mol. The lowest BCUT2D eigenvalue weighted by Crippen LogP contribution is -1.99. The second kappa shape index (κ2) is 8.68. The molecule has 3 aromatic carbocycles. The molecule has 0 saturated heterocycles. The zero-order valence-electron chi connectivity index (χ0n) is 17.6. The molecule has 4 aromatic rings. The Bertz CT molecular complexity index is 1420. The number of aliphatic carboxylic acids is 1. The first-order valence-corrected chi connectivity index (χ1v) is 11.0. The number of carboxylic acids is 1. The van der Waals surface area contributed by atoms with Crippen LogP contribution in [-0.2, 0) is 4.79 Å². The maximum atomic E-state index is 13.9. The first-order chi connectivity index (χ1) is 16.0. The zero-order chi connectivity index (χ0) is 22.9. The largest absolute Gasteiger partial charge is 0.478 e. The normalized spacial score (nSPS) is 14.6. The van der Waals surface area contributed by atoms with Crippen LogP contribution in [0.2, 0.25) is 5.02 Å². The van der Waals surface area contributed by atoms with Crippen molar-refractivity contribution in [2.75, 3.05) is 0 Å². The number of carboxylic acid groups (broad SMARTS) is 1. The van der Waals surface area contributed by atoms with E-state index in [-0.39, 0.29) is 5.82 Å². The molecule has 6 heteroatoms. The van der Waals surface area contributed by atoms with E-state index in [0.29, 0.717) is 10.9 Å². The second-order valence-corrected chi connectivity index (χ2v) is 8.52. The lowest BCUT2D eigenvalue weighted by Gasteiger charge is -2.19. The summed E-state index contributed by atoms with van der Waals surface area (Å²) in [5.41, 5.74) is 6.62. The number of hydrogen-bond acceptors (Lipinski definition) is 2. The lowest BCUT2D eigenvalue weighted by atomic mass is 9.85. The van der Waals surface area contributed by atoms with Gasteiger partial charge in [-0.1, -0.05) is 54.1 Å². The van der Waals surface area contributed by atoms with Crippen LogP contribution in [0.25, 0.3) is 28.1 Å². The molecule has 0 radical (unpaired) electrons. The van der Waals surface area contributed by atoms with Gasteiger partial charge in [-0.15, -0.1) is 0 Å². The maximum absolute atomic E-state index is 13.9. The number of H-pyrrole nitrogens is 1. The minimum atomic E-state index is -0.992. The van der Waals surface area contributed by atoms with Gasteiger partial charge in [0.1, 0.15) is 5.82 Å². The summed E-state index contributed by atoms with van der Waals surface area (Å²) in [7, 11) is 0. The third kappa shape index (κ3) is 4.32. The molecule has 0 atom stereocenters. The fourth-order valence-electron chi connectivity index (χ4n) is 4.21. The highest BCUT2D eigenvalue weighted by Crippen LogP contribution is 2.49. The Morgan fingerprint density at radius 2 is 1.88 bits per heavy atom. The molecule has 2 N–H and O–H groups in total. The van der Waals surface area contributed by atoms with Gasteiger partial charge in [0.25, 0.3) is 0 Å². The summed E-state index contributed by atoms with van der Waals surface area (Å²) in [5.74, 6) is -1.04. The molecule has 0 aliphatic heterocycles. The summed E-state index contributed by atoms with van der Waals surface area (Å²) in [4.78, 5) is 10.9. The van der Waals surface area contributed by atoms with E-state index in [1.54, 1.807) is 12.1 Å². The van der Waals surface area contributed by atoms with Gasteiger partial charge in [0, 0.05) is 11.5 Å². The SMILES string of the molecule is O=C(O)/C=C/c1ccc(/C(=C(\c2ccc(F)cc2Cl)C2CC2)c2cccc3[nH]ncc23)cc1. The van der Waals surface area contributed by atoms with E-state index in [2.05, 4.69) is 16.3 Å². The molecule has 0 bridgehead atoms. The molecule has 1 fully saturated rings. The average Bonchev–Trinajstić information content (AvgIpc) is 3.52. The first-order valence-electron chi connectivity index (χ1n) is 10.6. The number of aromatic amines is 1. The van der Waals surface area contributed by atoms with Crippen molar-refractivity contribution in [2.24, 2.45) is 5.92 Å². The van der Waals surface area contributed by atoms with Gasteiger partial charge in [-0.05, 0) is 76.4 Å². The summed E-state index contributed by atoms with van der Waals surface area (Å²) < 4.78 is 13.9. The van der Waals surface area contributed by atoms with Crippen LogP contribution in [0.5, 0.6) is 0 Å². The molecule has 1 saturated carbocycles. The number of aromatic nitrogens is 2. The average molecular weight is 459 g/mol. The Balaban J connectivity index is 1.77. The predicted octanol–water partition coefficient (Wildman–Crippen LogP) is 6.82. The summed E-state index contributed by atoms with van der Waals surface area (Å²) in [6.45, 7) is 0. The molecular weight excluding hydrogens is 439 g/mol. The lowest BCUT2D eigenvalue weighted by molar-refractivity contribution is -0.131. The number of fused-ring (bicyclic) bond motifs is 1. The van der Waals surface area contributed by atoms with E-state index in [1.807, 2.05) is 42.6 Å². The molecule has 5 rings (SSSR count). The Hall–Kier alpha value is -3.70. The summed E-state index contributed by atoms with van der Waals surface area (Å²) in [5, 5.41) is 17.5. The number of halogens is 2. The fourth-order valence-corrected chi connectivity index (χ4v) is 4.48. The molecule has 1 aliphatic rings. The van der Waals surface area contributed by atoms with Crippen molar-refractivity contribution in [3.05, 3.63) is 106 Å². The van der Waals surface area contributed by atoms with E-state index in [0.717, 1.165) is 63.2 Å². The highest BCUT2D eigenvalue weighted by atomic mass is 35.5. The molecule has 4 nitrogen and oxygen atoms in total. The molecule has 0 amide bonds. The molecule has 1 aliphatic carbocycles. The number of benzene rings is 3. The summed E-state index contributed by atoms with van der Waals surface area (Å²) in [6, 6.07) is 18.3. The van der Waals surface area contributed by atoms with Crippen LogP contribution in [0.3, 0.4) is 0 Å². The number of allylic oxidation sites excluding steroid dienone is 1. The highest BCUT2D eigenvalue weighted by Gasteiger charge is 2.32. The Morgan fingerprint density at radius 3 is 2.58 bits per heavy atom. The van der Waals surface area contributed by atoms with E-state index in [4.69, 9.17) is 16.7 Å². The van der Waals surface area contributed by atoms with Crippen LogP contribution in [-0.4, -0.2) is 21.3 Å². The summed E-state index contributed by atoms with van der Waals surface area (Å²) >= 11 is 6.55.